The molecule has 4 N–H and O–H groups in total. The van der Waals surface area contributed by atoms with Crippen LogP contribution in [0.5, 0.6) is 5.75 Å². The number of rotatable bonds is 3. The highest BCUT2D eigenvalue weighted by Gasteiger charge is 2.69. The lowest BCUT2D eigenvalue weighted by Crippen LogP contribution is -3.00. The molecule has 28 heavy (non-hydrogen) atoms. The van der Waals surface area contributed by atoms with Gasteiger partial charge in [0.25, 0.3) is 5.91 Å². The highest BCUT2D eigenvalue weighted by molar-refractivity contribution is 5.96. The second-order valence-corrected chi connectivity index (χ2v) is 9.87. The summed E-state index contributed by atoms with van der Waals surface area (Å²) in [6.45, 7) is 2.19. The van der Waals surface area contributed by atoms with E-state index in [0.717, 1.165) is 73.1 Å². The predicted molar refractivity (Wildman–Crippen MR) is 102 cm³/mol. The number of halogens is 1. The summed E-state index contributed by atoms with van der Waals surface area (Å²) in [6.07, 6.45) is 8.04. The topological polar surface area (TPSA) is 83.5 Å². The van der Waals surface area contributed by atoms with Crippen LogP contribution in [0.1, 0.15) is 66.4 Å². The molecule has 3 fully saturated rings. The first-order valence-electron chi connectivity index (χ1n) is 10.5. The number of hydrogen-bond acceptors (Lipinski definition) is 3. The summed E-state index contributed by atoms with van der Waals surface area (Å²) in [5.74, 6) is 0.233. The molecule has 6 heteroatoms. The van der Waals surface area contributed by atoms with Gasteiger partial charge in [0.2, 0.25) is 0 Å². The van der Waals surface area contributed by atoms with Crippen LogP contribution < -0.4 is 18.1 Å². The van der Waals surface area contributed by atoms with E-state index in [-0.39, 0.29) is 29.8 Å². The van der Waals surface area contributed by atoms with Gasteiger partial charge in [0.05, 0.1) is 25.7 Å². The number of nitrogens with two attached hydrogens (primary N) is 1. The Hall–Kier alpha value is -1.30. The Bertz CT molecular complexity index is 826. The van der Waals surface area contributed by atoms with E-state index in [1.54, 1.807) is 6.07 Å². The highest BCUT2D eigenvalue weighted by Crippen LogP contribution is 2.61. The zero-order chi connectivity index (χ0) is 19.0. The van der Waals surface area contributed by atoms with E-state index in [1.165, 1.54) is 12.8 Å². The van der Waals surface area contributed by atoms with Crippen molar-refractivity contribution in [2.45, 2.75) is 68.4 Å². The van der Waals surface area contributed by atoms with Crippen LogP contribution >= 0.6 is 0 Å². The van der Waals surface area contributed by atoms with Gasteiger partial charge < -0.3 is 32.8 Å². The molecule has 5 rings (SSSR count). The molecule has 3 aliphatic carbocycles. The number of aromatic hydroxyl groups is 1. The number of fused-ring (bicyclic) bond motifs is 1. The van der Waals surface area contributed by atoms with Crippen LogP contribution in [0.25, 0.3) is 0 Å². The third-order valence-electron chi connectivity index (χ3n) is 8.39. The van der Waals surface area contributed by atoms with Crippen molar-refractivity contribution in [1.29, 1.82) is 0 Å². The first kappa shape index (κ1) is 20.0. The molecule has 0 spiro atoms. The number of primary amides is 1. The minimum absolute atomic E-state index is 0. The van der Waals surface area contributed by atoms with E-state index in [0.29, 0.717) is 0 Å². The van der Waals surface area contributed by atoms with Gasteiger partial charge in [-0.25, -0.2) is 0 Å². The largest absolute Gasteiger partial charge is 1.00 e. The van der Waals surface area contributed by atoms with E-state index in [2.05, 4.69) is 7.05 Å². The number of likely N-dealkylation sites (N-methyl/N-ethyl adjacent to an activating group) is 1. The second kappa shape index (κ2) is 6.35. The van der Waals surface area contributed by atoms with Crippen molar-refractivity contribution in [3.05, 3.63) is 28.8 Å². The van der Waals surface area contributed by atoms with E-state index >= 15 is 0 Å². The summed E-state index contributed by atoms with van der Waals surface area (Å²) >= 11 is 0. The van der Waals surface area contributed by atoms with Gasteiger partial charge in [-0.2, -0.15) is 0 Å². The maximum Gasteiger partial charge on any atom is 0.252 e. The zero-order valence-electron chi connectivity index (χ0n) is 16.6. The minimum atomic E-state index is -0.812. The van der Waals surface area contributed by atoms with Gasteiger partial charge in [-0.1, -0.05) is 18.9 Å². The average Bonchev–Trinajstić information content (AvgIpc) is 3.42. The summed E-state index contributed by atoms with van der Waals surface area (Å²) in [6, 6.07) is 3.81. The number of carbonyl (C=O) groups is 1. The van der Waals surface area contributed by atoms with Crippen molar-refractivity contribution in [2.75, 3.05) is 20.1 Å². The van der Waals surface area contributed by atoms with Gasteiger partial charge in [-0.05, 0) is 37.3 Å². The van der Waals surface area contributed by atoms with E-state index in [9.17, 15) is 15.0 Å². The molecule has 5 nitrogen and oxygen atoms in total. The van der Waals surface area contributed by atoms with E-state index in [4.69, 9.17) is 5.73 Å². The monoisotopic (exact) mass is 406 g/mol. The molecule has 154 valence electrons. The van der Waals surface area contributed by atoms with Gasteiger partial charge in [-0.3, -0.25) is 4.79 Å². The van der Waals surface area contributed by atoms with Crippen molar-refractivity contribution < 1.29 is 31.9 Å². The Morgan fingerprint density at radius 1 is 1.25 bits per heavy atom. The fraction of sp³-hybridized carbons (Fsp3) is 0.682. The fourth-order valence-corrected chi connectivity index (χ4v) is 6.93. The second-order valence-electron chi connectivity index (χ2n) is 9.87. The Kier molecular flexibility index (Phi) is 4.53. The summed E-state index contributed by atoms with van der Waals surface area (Å²) < 4.78 is 0.945. The van der Waals surface area contributed by atoms with Gasteiger partial charge in [0, 0.05) is 29.7 Å². The van der Waals surface area contributed by atoms with Crippen LogP contribution in [0.4, 0.5) is 0 Å². The summed E-state index contributed by atoms with van der Waals surface area (Å²) in [5.41, 5.74) is 6.38. The molecule has 1 unspecified atom stereocenters. The Morgan fingerprint density at radius 2 is 1.96 bits per heavy atom. The van der Waals surface area contributed by atoms with E-state index < -0.39 is 16.9 Å². The third kappa shape index (κ3) is 2.49. The van der Waals surface area contributed by atoms with Crippen LogP contribution in [-0.4, -0.2) is 52.4 Å². The van der Waals surface area contributed by atoms with Gasteiger partial charge >= 0.3 is 0 Å². The summed E-state index contributed by atoms with van der Waals surface area (Å²) in [7, 11) is 2.34. The molecule has 1 aliphatic heterocycles. The van der Waals surface area contributed by atoms with Gasteiger partial charge in [0.15, 0.2) is 0 Å². The Balaban J connectivity index is 0.00000192. The highest BCUT2D eigenvalue weighted by atomic mass is 35.5. The number of phenols is 1. The lowest BCUT2D eigenvalue weighted by atomic mass is 9.48. The minimum Gasteiger partial charge on any atom is -1.00 e. The molecule has 1 saturated heterocycles. The molecule has 0 aromatic heterocycles. The predicted octanol–water partition coefficient (Wildman–Crippen LogP) is -0.777. The number of piperidine rings is 1. The molecular weight excluding hydrogens is 376 g/mol. The number of hydrogen-bond donors (Lipinski definition) is 3. The van der Waals surface area contributed by atoms with E-state index in [1.807, 2.05) is 6.07 Å². The normalized spacial score (nSPS) is 38.7. The molecule has 2 bridgehead atoms. The average molecular weight is 407 g/mol. The first-order chi connectivity index (χ1) is 12.8. The summed E-state index contributed by atoms with van der Waals surface area (Å²) in [5, 5.41) is 23.2. The van der Waals surface area contributed by atoms with Crippen LogP contribution in [0.15, 0.2) is 12.1 Å². The molecule has 1 amide bonds. The van der Waals surface area contributed by atoms with Crippen molar-refractivity contribution in [2.24, 2.45) is 11.7 Å². The lowest BCUT2D eigenvalue weighted by Gasteiger charge is -2.65. The first-order valence-corrected chi connectivity index (χ1v) is 10.5. The lowest BCUT2D eigenvalue weighted by molar-refractivity contribution is -0.950. The van der Waals surface area contributed by atoms with Crippen molar-refractivity contribution in [1.82, 2.24) is 0 Å². The van der Waals surface area contributed by atoms with Crippen LogP contribution in [0, 0.1) is 5.92 Å². The Labute approximate surface area is 172 Å². The number of aliphatic hydroxyl groups is 1. The third-order valence-corrected chi connectivity index (χ3v) is 8.39. The zero-order valence-corrected chi connectivity index (χ0v) is 17.3. The fourth-order valence-electron chi connectivity index (χ4n) is 6.93. The van der Waals surface area contributed by atoms with Crippen molar-refractivity contribution >= 4 is 5.91 Å². The number of quaternary nitrogens is 1. The number of nitrogens with zero attached hydrogens (tertiary/aromatic N) is 1. The number of amides is 1. The van der Waals surface area contributed by atoms with Crippen LogP contribution in [0.3, 0.4) is 0 Å². The smallest absolute Gasteiger partial charge is 0.252 e. The maximum atomic E-state index is 12.2. The SMILES string of the molecule is C[N+]1(CC2CC2)CC[C@]23CCCC[C@@]2(O)[C@H]1Cc1ccc(C(N)=O)c(O)c13.[Cl-]. The maximum absolute atomic E-state index is 12.2. The Morgan fingerprint density at radius 3 is 2.64 bits per heavy atom. The molecular formula is C22H31ClN2O3. The number of benzene rings is 1. The van der Waals surface area contributed by atoms with Gasteiger partial charge in [-0.15, -0.1) is 0 Å². The van der Waals surface area contributed by atoms with Crippen molar-refractivity contribution in [3.8, 4) is 5.75 Å². The standard InChI is InChI=1S/C22H30N2O3.ClH/c1-24(13-14-4-5-14)11-10-21-8-2-3-9-22(21,27)17(24)12-15-6-7-16(20(23)26)19(25)18(15)21;/h6-7,14,17,27H,2-5,8-13H2,1H3,(H2-,23,25,26);1H/t17-,21+,22-,24?;/m1./s1. The molecule has 1 aromatic carbocycles. The molecule has 1 heterocycles. The van der Waals surface area contributed by atoms with Crippen LogP contribution in [-0.2, 0) is 11.8 Å². The van der Waals surface area contributed by atoms with Crippen LogP contribution in [0.2, 0.25) is 0 Å². The molecule has 2 saturated carbocycles. The number of likely N-dealkylation sites (tertiary alicyclic amines) is 1. The number of carbonyl (C=O) groups excluding carboxylic acids is 1. The molecule has 1 aromatic rings. The van der Waals surface area contributed by atoms with Gasteiger partial charge in [0.1, 0.15) is 17.4 Å². The molecule has 0 radical (unpaired) electrons. The van der Waals surface area contributed by atoms with Crippen molar-refractivity contribution in [3.63, 3.8) is 0 Å². The quantitative estimate of drug-likeness (QED) is 0.576. The molecule has 4 atom stereocenters. The molecule has 4 aliphatic rings. The summed E-state index contributed by atoms with van der Waals surface area (Å²) in [4.78, 5) is 11.8.